The third-order valence-electron chi connectivity index (χ3n) is 3.77. The predicted octanol–water partition coefficient (Wildman–Crippen LogP) is 3.23. The van der Waals surface area contributed by atoms with Crippen LogP contribution in [0.3, 0.4) is 0 Å². The number of anilines is 1. The van der Waals surface area contributed by atoms with E-state index in [0.29, 0.717) is 5.56 Å². The number of nitrogens with one attached hydrogen (secondary N) is 1. The zero-order valence-electron chi connectivity index (χ0n) is 12.0. The molecule has 0 saturated carbocycles. The molecule has 0 atom stereocenters. The minimum atomic E-state index is -0.118. The van der Waals surface area contributed by atoms with Gasteiger partial charge in [-0.1, -0.05) is 22.0 Å². The molecule has 0 aliphatic heterocycles. The standard InChI is InChI=1S/C15H12BrN5OS/c16-9-3-1-4-10(7-9)18-14(22)13-11-5-2-6-12(11)23-15(13)21-8-17-19-20-21/h1,3-4,7-8H,2,5-6H2,(H,18,22). The Morgan fingerprint density at radius 2 is 2.26 bits per heavy atom. The molecule has 2 heterocycles. The van der Waals surface area contributed by atoms with Crippen LogP contribution >= 0.6 is 27.3 Å². The highest BCUT2D eigenvalue weighted by Gasteiger charge is 2.28. The first-order chi connectivity index (χ1) is 11.2. The van der Waals surface area contributed by atoms with Crippen LogP contribution in [0.2, 0.25) is 0 Å². The molecule has 1 aliphatic rings. The summed E-state index contributed by atoms with van der Waals surface area (Å²) in [6.45, 7) is 0. The third-order valence-corrected chi connectivity index (χ3v) is 5.54. The molecule has 1 aliphatic carbocycles. The van der Waals surface area contributed by atoms with Crippen LogP contribution in [0.5, 0.6) is 0 Å². The van der Waals surface area contributed by atoms with Crippen molar-refractivity contribution in [2.45, 2.75) is 19.3 Å². The zero-order valence-corrected chi connectivity index (χ0v) is 14.4. The molecule has 1 aromatic carbocycles. The molecule has 0 spiro atoms. The Morgan fingerprint density at radius 3 is 3.04 bits per heavy atom. The van der Waals surface area contributed by atoms with Gasteiger partial charge in [0.05, 0.1) is 5.56 Å². The number of carbonyl (C=O) groups excluding carboxylic acids is 1. The number of carbonyl (C=O) groups is 1. The smallest absolute Gasteiger partial charge is 0.259 e. The van der Waals surface area contributed by atoms with Crippen molar-refractivity contribution in [2.75, 3.05) is 5.32 Å². The summed E-state index contributed by atoms with van der Waals surface area (Å²) < 4.78 is 2.49. The van der Waals surface area contributed by atoms with Crippen molar-refractivity contribution in [3.63, 3.8) is 0 Å². The van der Waals surface area contributed by atoms with E-state index in [1.807, 2.05) is 24.3 Å². The van der Waals surface area contributed by atoms with Gasteiger partial charge in [-0.2, -0.15) is 4.68 Å². The highest BCUT2D eigenvalue weighted by molar-refractivity contribution is 9.10. The molecule has 0 bridgehead atoms. The average Bonchev–Trinajstić information content (AvgIpc) is 3.23. The van der Waals surface area contributed by atoms with Crippen molar-refractivity contribution in [2.24, 2.45) is 0 Å². The second kappa shape index (κ2) is 5.86. The molecule has 3 aromatic rings. The van der Waals surface area contributed by atoms with E-state index in [0.717, 1.165) is 40.0 Å². The third kappa shape index (κ3) is 2.68. The van der Waals surface area contributed by atoms with Gasteiger partial charge in [-0.15, -0.1) is 16.4 Å². The molecule has 0 unspecified atom stereocenters. The maximum Gasteiger partial charge on any atom is 0.259 e. The first-order valence-electron chi connectivity index (χ1n) is 7.17. The lowest BCUT2D eigenvalue weighted by Gasteiger charge is -2.08. The molecular formula is C15H12BrN5OS. The fourth-order valence-electron chi connectivity index (χ4n) is 2.80. The first kappa shape index (κ1) is 14.5. The van der Waals surface area contributed by atoms with Gasteiger partial charge in [-0.25, -0.2) is 0 Å². The Bertz CT molecular complexity index is 874. The van der Waals surface area contributed by atoms with Crippen molar-refractivity contribution in [1.82, 2.24) is 20.2 Å². The van der Waals surface area contributed by atoms with E-state index in [1.165, 1.54) is 11.2 Å². The summed E-state index contributed by atoms with van der Waals surface area (Å²) in [6, 6.07) is 7.55. The summed E-state index contributed by atoms with van der Waals surface area (Å²) in [5.74, 6) is -0.118. The van der Waals surface area contributed by atoms with Crippen LogP contribution in [0.25, 0.3) is 5.00 Å². The summed E-state index contributed by atoms with van der Waals surface area (Å²) in [5, 5.41) is 15.1. The first-order valence-corrected chi connectivity index (χ1v) is 8.78. The van der Waals surface area contributed by atoms with Gasteiger partial charge in [0.15, 0.2) is 0 Å². The number of fused-ring (bicyclic) bond motifs is 1. The summed E-state index contributed by atoms with van der Waals surface area (Å²) in [6.07, 6.45) is 4.56. The van der Waals surface area contributed by atoms with Crippen LogP contribution in [0.4, 0.5) is 5.69 Å². The van der Waals surface area contributed by atoms with Crippen LogP contribution in [0.15, 0.2) is 35.1 Å². The number of amides is 1. The van der Waals surface area contributed by atoms with Gasteiger partial charge in [0.25, 0.3) is 5.91 Å². The van der Waals surface area contributed by atoms with Gasteiger partial charge >= 0.3 is 0 Å². The van der Waals surface area contributed by atoms with Crippen LogP contribution < -0.4 is 5.32 Å². The Hall–Kier alpha value is -2.06. The van der Waals surface area contributed by atoms with Crippen molar-refractivity contribution in [3.05, 3.63) is 51.1 Å². The highest BCUT2D eigenvalue weighted by atomic mass is 79.9. The fourth-order valence-corrected chi connectivity index (χ4v) is 4.50. The van der Waals surface area contributed by atoms with Crippen LogP contribution in [0.1, 0.15) is 27.2 Å². The number of benzene rings is 1. The van der Waals surface area contributed by atoms with E-state index in [1.54, 1.807) is 16.0 Å². The Balaban J connectivity index is 1.74. The predicted molar refractivity (Wildman–Crippen MR) is 91.2 cm³/mol. The number of hydrogen-bond acceptors (Lipinski definition) is 5. The number of aryl methyl sites for hydroxylation is 1. The summed E-state index contributed by atoms with van der Waals surface area (Å²) in [7, 11) is 0. The van der Waals surface area contributed by atoms with Crippen molar-refractivity contribution in [3.8, 4) is 5.00 Å². The molecule has 0 saturated heterocycles. The second-order valence-corrected chi connectivity index (χ2v) is 7.26. The minimum Gasteiger partial charge on any atom is -0.322 e. The molecule has 1 amide bonds. The Kier molecular flexibility index (Phi) is 3.70. The fraction of sp³-hybridized carbons (Fsp3) is 0.200. The normalized spacial score (nSPS) is 13.1. The SMILES string of the molecule is O=C(Nc1cccc(Br)c1)c1c(-n2cnnn2)sc2c1CCC2. The van der Waals surface area contributed by atoms with Crippen LogP contribution in [0, 0.1) is 0 Å². The molecule has 4 rings (SSSR count). The summed E-state index contributed by atoms with van der Waals surface area (Å²) in [4.78, 5) is 14.1. The lowest BCUT2D eigenvalue weighted by atomic mass is 10.1. The quantitative estimate of drug-likeness (QED) is 0.746. The van der Waals surface area contributed by atoms with Gasteiger partial charge in [0.2, 0.25) is 0 Å². The van der Waals surface area contributed by atoms with E-state index in [4.69, 9.17) is 0 Å². The van der Waals surface area contributed by atoms with Gasteiger partial charge < -0.3 is 5.32 Å². The van der Waals surface area contributed by atoms with E-state index in [9.17, 15) is 4.79 Å². The zero-order chi connectivity index (χ0) is 15.8. The molecule has 8 heteroatoms. The number of nitrogens with zero attached hydrogens (tertiary/aromatic N) is 4. The number of thiophene rings is 1. The molecular weight excluding hydrogens is 378 g/mol. The lowest BCUT2D eigenvalue weighted by Crippen LogP contribution is -2.15. The number of hydrogen-bond donors (Lipinski definition) is 1. The number of tetrazole rings is 1. The monoisotopic (exact) mass is 389 g/mol. The molecule has 1 N–H and O–H groups in total. The summed E-state index contributed by atoms with van der Waals surface area (Å²) >= 11 is 5.02. The molecule has 23 heavy (non-hydrogen) atoms. The molecule has 0 fully saturated rings. The molecule has 2 aromatic heterocycles. The van der Waals surface area contributed by atoms with Gasteiger partial charge in [0.1, 0.15) is 11.3 Å². The van der Waals surface area contributed by atoms with E-state index in [2.05, 4.69) is 36.8 Å². The maximum atomic E-state index is 12.9. The largest absolute Gasteiger partial charge is 0.322 e. The topological polar surface area (TPSA) is 72.7 Å². The molecule has 0 radical (unpaired) electrons. The molecule has 6 nitrogen and oxygen atoms in total. The van der Waals surface area contributed by atoms with E-state index in [-0.39, 0.29) is 5.91 Å². The van der Waals surface area contributed by atoms with E-state index < -0.39 is 0 Å². The van der Waals surface area contributed by atoms with Gasteiger partial charge in [0, 0.05) is 15.0 Å². The van der Waals surface area contributed by atoms with Gasteiger partial charge in [-0.3, -0.25) is 4.79 Å². The minimum absolute atomic E-state index is 0.118. The van der Waals surface area contributed by atoms with Gasteiger partial charge in [-0.05, 0) is 53.5 Å². The number of aromatic nitrogens is 4. The highest BCUT2D eigenvalue weighted by Crippen LogP contribution is 2.37. The maximum absolute atomic E-state index is 12.9. The Labute approximate surface area is 144 Å². The summed E-state index contributed by atoms with van der Waals surface area (Å²) in [5.41, 5.74) is 2.58. The number of halogens is 1. The van der Waals surface area contributed by atoms with Crippen LogP contribution in [-0.4, -0.2) is 26.1 Å². The Morgan fingerprint density at radius 1 is 1.35 bits per heavy atom. The molecule has 116 valence electrons. The van der Waals surface area contributed by atoms with Crippen molar-refractivity contribution in [1.29, 1.82) is 0 Å². The average molecular weight is 390 g/mol. The lowest BCUT2D eigenvalue weighted by molar-refractivity contribution is 0.102. The number of rotatable bonds is 3. The van der Waals surface area contributed by atoms with Crippen molar-refractivity contribution >= 4 is 38.9 Å². The van der Waals surface area contributed by atoms with Crippen molar-refractivity contribution < 1.29 is 4.79 Å². The van der Waals surface area contributed by atoms with Crippen LogP contribution in [-0.2, 0) is 12.8 Å². The second-order valence-electron chi connectivity index (χ2n) is 5.26. The van der Waals surface area contributed by atoms with E-state index >= 15 is 0 Å².